The average Bonchev–Trinajstić information content (AvgIpc) is 2.82. The summed E-state index contributed by atoms with van der Waals surface area (Å²) in [6, 6.07) is 3.29. The van der Waals surface area contributed by atoms with Gasteiger partial charge in [-0.15, -0.1) is 11.3 Å². The molecule has 0 spiro atoms. The molecule has 0 saturated carbocycles. The van der Waals surface area contributed by atoms with Crippen LogP contribution in [0, 0.1) is 5.41 Å². The summed E-state index contributed by atoms with van der Waals surface area (Å²) in [5.41, 5.74) is -0.708. The molecule has 0 atom stereocenters. The van der Waals surface area contributed by atoms with Crippen LogP contribution >= 0.6 is 11.3 Å². The fraction of sp³-hybridized carbons (Fsp3) is 0.500. The van der Waals surface area contributed by atoms with Crippen LogP contribution in [0.1, 0.15) is 16.6 Å². The Bertz CT molecular complexity index is 289. The third-order valence-electron chi connectivity index (χ3n) is 1.88. The Balaban J connectivity index is 0. The Morgan fingerprint density at radius 3 is 1.88 bits per heavy atom. The van der Waals surface area contributed by atoms with E-state index in [9.17, 15) is 4.79 Å². The van der Waals surface area contributed by atoms with Crippen LogP contribution in [0.3, 0.4) is 0 Å². The minimum Gasteiger partial charge on any atom is -0.477 e. The van der Waals surface area contributed by atoms with Gasteiger partial charge in [0, 0.05) is 22.5 Å². The van der Waals surface area contributed by atoms with Gasteiger partial charge in [-0.3, -0.25) is 0 Å². The van der Waals surface area contributed by atoms with E-state index < -0.39 is 11.4 Å². The fourth-order valence-corrected chi connectivity index (χ4v) is 1.11. The van der Waals surface area contributed by atoms with Crippen LogP contribution in [-0.4, -0.2) is 46.2 Å². The van der Waals surface area contributed by atoms with Crippen LogP contribution in [0.15, 0.2) is 17.5 Å². The second-order valence-corrected chi connectivity index (χ2v) is 4.52. The van der Waals surface area contributed by atoms with Crippen molar-refractivity contribution in [3.05, 3.63) is 22.4 Å². The molecule has 1 aromatic rings. The fourth-order valence-electron chi connectivity index (χ4n) is 0.550. The summed E-state index contributed by atoms with van der Waals surface area (Å²) in [4.78, 5) is 10.5. The number of rotatable bonds is 4. The van der Waals surface area contributed by atoms with Crippen molar-refractivity contribution in [2.75, 3.05) is 19.8 Å². The molecule has 0 aliphatic carbocycles. The van der Waals surface area contributed by atoms with Gasteiger partial charge in [-0.1, -0.05) is 13.0 Å². The Labute approximate surface area is 114 Å². The summed E-state index contributed by atoms with van der Waals surface area (Å²) in [6.07, 6.45) is 0. The van der Waals surface area contributed by atoms with Gasteiger partial charge in [0.15, 0.2) is 0 Å². The summed E-state index contributed by atoms with van der Waals surface area (Å²) >= 11 is 1.23. The monoisotopic (exact) mass is 304 g/mol. The molecule has 1 aromatic heterocycles. The average molecular weight is 304 g/mol. The van der Waals surface area contributed by atoms with Crippen molar-refractivity contribution in [2.24, 2.45) is 5.41 Å². The molecule has 17 heavy (non-hydrogen) atoms. The molecule has 4 N–H and O–H groups in total. The van der Waals surface area contributed by atoms with Crippen LogP contribution in [-0.2, 0) is 17.1 Å². The molecule has 0 aliphatic rings. The maximum absolute atomic E-state index is 10.1. The molecular formula is C10H16FeO5S. The smallest absolute Gasteiger partial charge is 0.345 e. The number of aliphatic hydroxyl groups is 3. The molecule has 0 aliphatic heterocycles. The van der Waals surface area contributed by atoms with Crippen LogP contribution in [0.2, 0.25) is 0 Å². The normalized spacial score (nSPS) is 9.88. The summed E-state index contributed by atoms with van der Waals surface area (Å²) in [6.45, 7) is 1.06. The van der Waals surface area contributed by atoms with Gasteiger partial charge in [-0.05, 0) is 11.4 Å². The molecule has 0 bridgehead atoms. The zero-order valence-corrected chi connectivity index (χ0v) is 11.2. The first-order chi connectivity index (χ1) is 7.49. The third-order valence-corrected chi connectivity index (χ3v) is 2.73. The Morgan fingerprint density at radius 1 is 1.29 bits per heavy atom. The van der Waals surface area contributed by atoms with E-state index in [1.807, 2.05) is 0 Å². The number of aromatic carboxylic acids is 1. The Kier molecular flexibility index (Phi) is 10.7. The van der Waals surface area contributed by atoms with E-state index in [1.165, 1.54) is 11.3 Å². The number of carboxylic acids is 1. The first kappa shape index (κ1) is 18.9. The quantitative estimate of drug-likeness (QED) is 0.604. The number of carbonyl (C=O) groups is 1. The van der Waals surface area contributed by atoms with Gasteiger partial charge >= 0.3 is 5.97 Å². The SMILES string of the molecule is CC(CO)(CO)CO.O=C(O)c1cccs1.[Fe]. The van der Waals surface area contributed by atoms with E-state index in [2.05, 4.69) is 0 Å². The van der Waals surface area contributed by atoms with Gasteiger partial charge in [0.05, 0.1) is 19.8 Å². The molecule has 0 saturated heterocycles. The number of thiophene rings is 1. The van der Waals surface area contributed by atoms with E-state index in [0.717, 1.165) is 0 Å². The van der Waals surface area contributed by atoms with Crippen molar-refractivity contribution in [3.8, 4) is 0 Å². The summed E-state index contributed by atoms with van der Waals surface area (Å²) < 4.78 is 0. The molecule has 0 radical (unpaired) electrons. The minimum atomic E-state index is -0.847. The summed E-state index contributed by atoms with van der Waals surface area (Å²) in [7, 11) is 0. The topological polar surface area (TPSA) is 98.0 Å². The van der Waals surface area contributed by atoms with E-state index in [-0.39, 0.29) is 36.9 Å². The number of aliphatic hydroxyl groups excluding tert-OH is 3. The van der Waals surface area contributed by atoms with Crippen LogP contribution in [0.5, 0.6) is 0 Å². The van der Waals surface area contributed by atoms with Gasteiger partial charge in [0.25, 0.3) is 0 Å². The van der Waals surface area contributed by atoms with Crippen LogP contribution < -0.4 is 0 Å². The van der Waals surface area contributed by atoms with Gasteiger partial charge < -0.3 is 20.4 Å². The molecule has 0 amide bonds. The van der Waals surface area contributed by atoms with E-state index in [1.54, 1.807) is 24.4 Å². The number of hydrogen-bond acceptors (Lipinski definition) is 5. The molecule has 1 heterocycles. The van der Waals surface area contributed by atoms with Crippen molar-refractivity contribution in [2.45, 2.75) is 6.92 Å². The van der Waals surface area contributed by atoms with Crippen molar-refractivity contribution < 1.29 is 42.3 Å². The largest absolute Gasteiger partial charge is 0.477 e. The first-order valence-electron chi connectivity index (χ1n) is 4.58. The number of hydrogen-bond donors (Lipinski definition) is 4. The molecule has 0 aromatic carbocycles. The second kappa shape index (κ2) is 9.58. The maximum Gasteiger partial charge on any atom is 0.345 e. The molecular weight excluding hydrogens is 288 g/mol. The minimum absolute atomic E-state index is 0. The van der Waals surface area contributed by atoms with Crippen LogP contribution in [0.4, 0.5) is 0 Å². The molecule has 0 fully saturated rings. The predicted octanol–water partition coefficient (Wildman–Crippen LogP) is 0.413. The predicted molar refractivity (Wildman–Crippen MR) is 60.6 cm³/mol. The van der Waals surface area contributed by atoms with Crippen molar-refractivity contribution in [1.82, 2.24) is 0 Å². The van der Waals surface area contributed by atoms with E-state index in [4.69, 9.17) is 20.4 Å². The zero-order chi connectivity index (χ0) is 12.6. The van der Waals surface area contributed by atoms with Gasteiger partial charge in [0.2, 0.25) is 0 Å². The van der Waals surface area contributed by atoms with E-state index in [0.29, 0.717) is 4.88 Å². The Morgan fingerprint density at radius 2 is 1.76 bits per heavy atom. The van der Waals surface area contributed by atoms with Gasteiger partial charge in [0.1, 0.15) is 4.88 Å². The summed E-state index contributed by atoms with van der Waals surface area (Å²) in [5.74, 6) is -0.847. The van der Waals surface area contributed by atoms with Gasteiger partial charge in [-0.2, -0.15) is 0 Å². The standard InChI is InChI=1S/C5H12O3.C5H4O2S.Fe/c1-5(2-6,3-7)4-8;6-5(7)4-2-1-3-8-4;/h6-8H,2-4H2,1H3;1-3H,(H,6,7);. The van der Waals surface area contributed by atoms with Crippen molar-refractivity contribution >= 4 is 17.3 Å². The van der Waals surface area contributed by atoms with Crippen LogP contribution in [0.25, 0.3) is 0 Å². The first-order valence-corrected chi connectivity index (χ1v) is 5.46. The molecule has 0 unspecified atom stereocenters. The number of carboxylic acid groups (broad SMARTS) is 1. The maximum atomic E-state index is 10.1. The third kappa shape index (κ3) is 7.49. The van der Waals surface area contributed by atoms with Crippen molar-refractivity contribution in [1.29, 1.82) is 0 Å². The zero-order valence-electron chi connectivity index (χ0n) is 9.31. The molecule has 100 valence electrons. The Hall–Kier alpha value is -0.431. The molecule has 7 heteroatoms. The summed E-state index contributed by atoms with van der Waals surface area (Å²) in [5, 5.41) is 35.4. The molecule has 1 rings (SSSR count). The van der Waals surface area contributed by atoms with E-state index >= 15 is 0 Å². The van der Waals surface area contributed by atoms with Crippen molar-refractivity contribution in [3.63, 3.8) is 0 Å². The van der Waals surface area contributed by atoms with Gasteiger partial charge in [-0.25, -0.2) is 4.79 Å². The second-order valence-electron chi connectivity index (χ2n) is 3.57. The molecule has 5 nitrogen and oxygen atoms in total.